The van der Waals surface area contributed by atoms with Crippen molar-refractivity contribution in [2.24, 2.45) is 0 Å². The minimum atomic E-state index is -0.475. The highest BCUT2D eigenvalue weighted by molar-refractivity contribution is 7.14. The van der Waals surface area contributed by atoms with Gasteiger partial charge in [0.25, 0.3) is 0 Å². The number of hydrogen-bond acceptors (Lipinski definition) is 9. The maximum atomic E-state index is 13.1. The summed E-state index contributed by atoms with van der Waals surface area (Å²) in [7, 11) is 1.39. The summed E-state index contributed by atoms with van der Waals surface area (Å²) < 4.78 is 10.7. The van der Waals surface area contributed by atoms with Crippen LogP contribution in [0.3, 0.4) is 0 Å². The van der Waals surface area contributed by atoms with Crippen molar-refractivity contribution in [3.8, 4) is 0 Å². The first-order valence-electron chi connectivity index (χ1n) is 13.4. The number of likely N-dealkylation sites (N-methyl/N-ethyl adjacent to an activating group) is 1. The Labute approximate surface area is 248 Å². The number of aromatic nitrogens is 2. The Bertz CT molecular complexity index is 1310. The average Bonchev–Trinajstić information content (AvgIpc) is 3.72. The van der Waals surface area contributed by atoms with Gasteiger partial charge in [0.1, 0.15) is 11.6 Å². The van der Waals surface area contributed by atoms with Crippen LogP contribution in [0.15, 0.2) is 84.1 Å². The molecule has 41 heavy (non-hydrogen) atoms. The van der Waals surface area contributed by atoms with Gasteiger partial charge >= 0.3 is 12.2 Å². The van der Waals surface area contributed by atoms with Crippen LogP contribution in [0.1, 0.15) is 22.9 Å². The number of anilines is 1. The summed E-state index contributed by atoms with van der Waals surface area (Å²) in [6, 6.07) is 19.7. The zero-order valence-electron chi connectivity index (χ0n) is 23.2. The third-order valence-corrected chi connectivity index (χ3v) is 8.10. The van der Waals surface area contributed by atoms with Crippen molar-refractivity contribution in [3.05, 3.63) is 100 Å². The molecule has 0 bridgehead atoms. The summed E-state index contributed by atoms with van der Waals surface area (Å²) in [5.74, 6) is 0. The third-order valence-electron chi connectivity index (χ3n) is 6.58. The monoisotopic (exact) mass is 593 g/mol. The summed E-state index contributed by atoms with van der Waals surface area (Å²) in [4.78, 5) is 39.0. The predicted octanol–water partition coefficient (Wildman–Crippen LogP) is 5.64. The summed E-state index contributed by atoms with van der Waals surface area (Å²) in [5, 5.41) is 3.80. The normalized spacial score (nSPS) is 12.5. The van der Waals surface area contributed by atoms with E-state index in [1.165, 1.54) is 29.8 Å². The summed E-state index contributed by atoms with van der Waals surface area (Å²) in [6.07, 6.45) is 3.73. The highest BCUT2D eigenvalue weighted by Crippen LogP contribution is 2.25. The molecule has 0 saturated heterocycles. The number of alkyl carbamates (subject to hydrolysis) is 1. The van der Waals surface area contributed by atoms with Crippen LogP contribution >= 0.6 is 22.7 Å². The molecule has 2 aromatic heterocycles. The van der Waals surface area contributed by atoms with Gasteiger partial charge < -0.3 is 14.8 Å². The average molecular weight is 594 g/mol. The van der Waals surface area contributed by atoms with Crippen molar-refractivity contribution in [1.82, 2.24) is 20.2 Å². The van der Waals surface area contributed by atoms with Crippen LogP contribution in [0.4, 0.5) is 14.6 Å². The molecule has 2 aromatic carbocycles. The van der Waals surface area contributed by atoms with Crippen molar-refractivity contribution in [2.75, 3.05) is 31.6 Å². The van der Waals surface area contributed by atoms with E-state index in [-0.39, 0.29) is 18.7 Å². The number of hydrogen-bond donors (Lipinski definition) is 1. The van der Waals surface area contributed by atoms with Gasteiger partial charge in [-0.25, -0.2) is 9.59 Å². The lowest BCUT2D eigenvalue weighted by molar-refractivity contribution is 0.132. The first-order chi connectivity index (χ1) is 20.1. The molecule has 4 aromatic rings. The molecule has 4 rings (SSSR count). The topological polar surface area (TPSA) is 96.9 Å². The maximum absolute atomic E-state index is 13.1. The van der Waals surface area contributed by atoms with E-state index in [2.05, 4.69) is 51.4 Å². The third kappa shape index (κ3) is 9.38. The van der Waals surface area contributed by atoms with Gasteiger partial charge in [-0.05, 0) is 30.5 Å². The highest BCUT2D eigenvalue weighted by Gasteiger charge is 2.30. The SMILES string of the molecule is CCN(C[C@@H](Cc1ccccc1)NC(=O)OCc1cncs1)C[C@H](Cc1ccccc1)N(C(=O)OC)c1cncs1. The van der Waals surface area contributed by atoms with E-state index in [1.54, 1.807) is 28.3 Å². The first kappa shape index (κ1) is 30.2. The molecule has 216 valence electrons. The van der Waals surface area contributed by atoms with Crippen molar-refractivity contribution < 1.29 is 19.1 Å². The Balaban J connectivity index is 1.53. The second-order valence-electron chi connectivity index (χ2n) is 9.45. The number of carbonyl (C=O) groups is 2. The minimum absolute atomic E-state index is 0.175. The zero-order valence-corrected chi connectivity index (χ0v) is 24.9. The summed E-state index contributed by atoms with van der Waals surface area (Å²) in [6.45, 7) is 4.09. The molecule has 9 nitrogen and oxygen atoms in total. The number of carbonyl (C=O) groups excluding carboxylic acids is 2. The van der Waals surface area contributed by atoms with E-state index in [9.17, 15) is 9.59 Å². The van der Waals surface area contributed by atoms with Crippen LogP contribution in [0.2, 0.25) is 0 Å². The predicted molar refractivity (Wildman–Crippen MR) is 162 cm³/mol. The van der Waals surface area contributed by atoms with Crippen LogP contribution in [0.25, 0.3) is 0 Å². The van der Waals surface area contributed by atoms with Gasteiger partial charge in [0.2, 0.25) is 0 Å². The van der Waals surface area contributed by atoms with Crippen molar-refractivity contribution in [2.45, 2.75) is 38.5 Å². The Hall–Kier alpha value is -3.80. The van der Waals surface area contributed by atoms with Crippen molar-refractivity contribution >= 4 is 39.9 Å². The zero-order chi connectivity index (χ0) is 28.9. The lowest BCUT2D eigenvalue weighted by atomic mass is 10.0. The van der Waals surface area contributed by atoms with Gasteiger partial charge in [-0.15, -0.1) is 22.7 Å². The second kappa shape index (κ2) is 15.8. The molecule has 0 unspecified atom stereocenters. The Kier molecular flexibility index (Phi) is 11.7. The standard InChI is InChI=1S/C30H35N5O4S2/c1-3-34(18-25(14-23-10-6-4-7-11-23)33-29(36)39-20-27-16-31-21-40-27)19-26(15-24-12-8-5-9-13-24)35(30(37)38-2)28-17-32-22-41-28/h4-13,16-17,21-22,25-26H,3,14-15,18-20H2,1-2H3,(H,33,36)/t25-,26+/m1/s1. The van der Waals surface area contributed by atoms with Crippen molar-refractivity contribution in [1.29, 1.82) is 0 Å². The maximum Gasteiger partial charge on any atom is 0.415 e. The van der Waals surface area contributed by atoms with E-state index in [1.807, 2.05) is 36.4 Å². The van der Waals surface area contributed by atoms with Crippen LogP contribution in [-0.2, 0) is 28.9 Å². The molecule has 0 radical (unpaired) electrons. The number of amides is 2. The molecule has 2 amide bonds. The molecular formula is C30H35N5O4S2. The minimum Gasteiger partial charge on any atom is -0.452 e. The van der Waals surface area contributed by atoms with E-state index in [0.29, 0.717) is 32.5 Å². The molecule has 0 spiro atoms. The molecule has 0 aliphatic carbocycles. The number of rotatable bonds is 14. The number of thiazole rings is 2. The van der Waals surface area contributed by atoms with Crippen LogP contribution in [-0.4, -0.2) is 65.9 Å². The molecule has 11 heteroatoms. The van der Waals surface area contributed by atoms with E-state index in [4.69, 9.17) is 9.47 Å². The Morgan fingerprint density at radius 2 is 1.56 bits per heavy atom. The molecular weight excluding hydrogens is 558 g/mol. The van der Waals surface area contributed by atoms with Gasteiger partial charge in [-0.1, -0.05) is 67.6 Å². The molecule has 0 aliphatic heterocycles. The van der Waals surface area contributed by atoms with Crippen LogP contribution < -0.4 is 10.2 Å². The number of methoxy groups -OCH3 is 1. The molecule has 1 N–H and O–H groups in total. The largest absolute Gasteiger partial charge is 0.452 e. The van der Waals surface area contributed by atoms with Gasteiger partial charge in [0.05, 0.1) is 35.2 Å². The van der Waals surface area contributed by atoms with Crippen molar-refractivity contribution in [3.63, 3.8) is 0 Å². The van der Waals surface area contributed by atoms with Gasteiger partial charge in [0, 0.05) is 25.3 Å². The number of nitrogens with zero attached hydrogens (tertiary/aromatic N) is 4. The number of ether oxygens (including phenoxy) is 2. The van der Waals surface area contributed by atoms with Gasteiger partial charge in [0.15, 0.2) is 0 Å². The molecule has 2 atom stereocenters. The highest BCUT2D eigenvalue weighted by atomic mass is 32.1. The smallest absolute Gasteiger partial charge is 0.415 e. The fourth-order valence-electron chi connectivity index (χ4n) is 4.63. The van der Waals surface area contributed by atoms with Gasteiger partial charge in [-0.2, -0.15) is 0 Å². The van der Waals surface area contributed by atoms with Gasteiger partial charge in [-0.3, -0.25) is 19.8 Å². The fourth-order valence-corrected chi connectivity index (χ4v) is 5.82. The van der Waals surface area contributed by atoms with E-state index < -0.39 is 12.2 Å². The fraction of sp³-hybridized carbons (Fsp3) is 0.333. The molecule has 2 heterocycles. The van der Waals surface area contributed by atoms with E-state index in [0.717, 1.165) is 21.0 Å². The quantitative estimate of drug-likeness (QED) is 0.202. The Morgan fingerprint density at radius 1 is 0.902 bits per heavy atom. The molecule has 0 saturated carbocycles. The molecule has 0 fully saturated rings. The van der Waals surface area contributed by atoms with E-state index >= 15 is 0 Å². The Morgan fingerprint density at radius 3 is 2.15 bits per heavy atom. The number of benzene rings is 2. The molecule has 0 aliphatic rings. The van der Waals surface area contributed by atoms with Crippen LogP contribution in [0, 0.1) is 0 Å². The lowest BCUT2D eigenvalue weighted by Crippen LogP contribution is -2.52. The second-order valence-corrected chi connectivity index (χ2v) is 11.3. The van der Waals surface area contributed by atoms with Crippen LogP contribution in [0.5, 0.6) is 0 Å². The number of nitrogens with one attached hydrogen (secondary N) is 1. The summed E-state index contributed by atoms with van der Waals surface area (Å²) >= 11 is 2.84. The lowest BCUT2D eigenvalue weighted by Gasteiger charge is -2.35. The summed E-state index contributed by atoms with van der Waals surface area (Å²) in [5.41, 5.74) is 5.64. The first-order valence-corrected chi connectivity index (χ1v) is 15.2.